The summed E-state index contributed by atoms with van der Waals surface area (Å²) in [5, 5.41) is 5.72. The molecule has 0 bridgehead atoms. The molecule has 5 rings (SSSR count). The maximum Gasteiger partial charge on any atom is 0.338 e. The van der Waals surface area contributed by atoms with Crippen molar-refractivity contribution >= 4 is 83.0 Å². The van der Waals surface area contributed by atoms with Crippen LogP contribution >= 0.6 is 23.5 Å². The van der Waals surface area contributed by atoms with Crippen LogP contribution in [0.2, 0.25) is 0 Å². The molecule has 0 radical (unpaired) electrons. The van der Waals surface area contributed by atoms with E-state index in [1.807, 2.05) is 0 Å². The monoisotopic (exact) mass is 1090 g/mol. The Balaban J connectivity index is 1.67. The van der Waals surface area contributed by atoms with Gasteiger partial charge in [0.05, 0.1) is 21.6 Å². The lowest BCUT2D eigenvalue weighted by molar-refractivity contribution is -0.224. The molecule has 3 saturated heterocycles. The van der Waals surface area contributed by atoms with E-state index in [1.165, 1.54) is 45.2 Å². The first-order valence-electron chi connectivity index (χ1n) is 23.4. The van der Waals surface area contributed by atoms with Gasteiger partial charge in [0.1, 0.15) is 79.3 Å². The molecule has 26 heteroatoms. The predicted octanol–water partition coefficient (Wildman–Crippen LogP) is 1.53. The minimum absolute atomic E-state index is 0.115. The lowest BCUT2D eigenvalue weighted by Crippen LogP contribution is -2.68. The fourth-order valence-corrected chi connectivity index (χ4v) is 11.7. The van der Waals surface area contributed by atoms with Crippen LogP contribution in [0.1, 0.15) is 76.1 Å². The lowest BCUT2D eigenvalue weighted by atomic mass is 9.97. The molecule has 75 heavy (non-hydrogen) atoms. The fourth-order valence-electron chi connectivity index (χ4n) is 8.47. The molecule has 3 heterocycles. The summed E-state index contributed by atoms with van der Waals surface area (Å²) >= 11 is 1.68. The molecule has 15 atom stereocenters. The number of carbonyl (C=O) groups excluding carboxylic acids is 10. The van der Waals surface area contributed by atoms with Crippen LogP contribution in [0.15, 0.2) is 60.7 Å². The van der Waals surface area contributed by atoms with Gasteiger partial charge >= 0.3 is 41.8 Å². The smallest absolute Gasteiger partial charge is 0.338 e. The predicted molar refractivity (Wildman–Crippen MR) is 261 cm³/mol. The van der Waals surface area contributed by atoms with Crippen LogP contribution < -0.4 is 16.0 Å². The summed E-state index contributed by atoms with van der Waals surface area (Å²) in [5.74, 6) is -7.65. The van der Waals surface area contributed by atoms with E-state index in [4.69, 9.17) is 52.1 Å². The first-order chi connectivity index (χ1) is 35.6. The number of esters is 7. The molecular formula is C49H61N3O21S2. The molecule has 3 fully saturated rings. The summed E-state index contributed by atoms with van der Waals surface area (Å²) in [7, 11) is 1.28. The van der Waals surface area contributed by atoms with E-state index in [9.17, 15) is 47.9 Å². The Morgan fingerprint density at radius 2 is 0.827 bits per heavy atom. The van der Waals surface area contributed by atoms with E-state index in [1.54, 1.807) is 36.4 Å². The number of nitrogens with one attached hydrogen (secondary N) is 3. The second-order valence-electron chi connectivity index (χ2n) is 17.3. The molecule has 2 aromatic carbocycles. The third-order valence-corrected chi connectivity index (χ3v) is 14.4. The standard InChI is InChI=1S/C49H61N3O21S2/c1-23(53)50-36-41(73-46(62)32-18-14-11-15-19-32)43(34(70-47(36)63-9)22-66-45(61)31-16-12-10-13-17-31)74-49-38(52-25(3)55)42(69-30(8)60)44(35(72-49)21-65-27(5)57)75-48-37(51-24(2)54)40(68-29(7)59)39(67-28(6)58)33(71-48)20-64-26(4)56/h10-19,33-44,47-49H,20-22H2,1-9H3,(H,50,53)(H,51,54)(H,52,55)/t33-,34-,35-,36-,37-,38-,39-,40-,41-,42-,43-,44-,47-,48+,49+/m1/s1. The number of rotatable bonds is 20. The summed E-state index contributed by atoms with van der Waals surface area (Å²) in [6.07, 6.45) is -11.3. The van der Waals surface area contributed by atoms with Crippen molar-refractivity contribution in [2.24, 2.45) is 0 Å². The summed E-state index contributed by atoms with van der Waals surface area (Å²) in [6.45, 7) is 7.37. The Bertz CT molecular complexity index is 2370. The first kappa shape index (κ1) is 59.6. The lowest BCUT2D eigenvalue weighted by Gasteiger charge is -2.51. The van der Waals surface area contributed by atoms with Gasteiger partial charge in [-0.2, -0.15) is 0 Å². The Morgan fingerprint density at radius 3 is 1.29 bits per heavy atom. The van der Waals surface area contributed by atoms with Gasteiger partial charge in [0.15, 0.2) is 18.5 Å². The van der Waals surface area contributed by atoms with E-state index in [-0.39, 0.29) is 11.1 Å². The van der Waals surface area contributed by atoms with Gasteiger partial charge in [-0.25, -0.2) is 9.59 Å². The van der Waals surface area contributed by atoms with Crippen molar-refractivity contribution in [1.82, 2.24) is 16.0 Å². The molecule has 24 nitrogen and oxygen atoms in total. The Hall–Kier alpha value is -6.32. The molecule has 0 aromatic heterocycles. The van der Waals surface area contributed by atoms with Crippen LogP contribution in [0.5, 0.6) is 0 Å². The Morgan fingerprint density at radius 1 is 0.440 bits per heavy atom. The molecule has 410 valence electrons. The zero-order chi connectivity index (χ0) is 55.1. The van der Waals surface area contributed by atoms with Crippen molar-refractivity contribution in [3.63, 3.8) is 0 Å². The van der Waals surface area contributed by atoms with E-state index in [0.29, 0.717) is 0 Å². The molecular weight excluding hydrogens is 1030 g/mol. The van der Waals surface area contributed by atoms with Crippen molar-refractivity contribution < 1.29 is 100 Å². The van der Waals surface area contributed by atoms with E-state index < -0.39 is 168 Å². The second-order valence-corrected chi connectivity index (χ2v) is 19.8. The first-order valence-corrected chi connectivity index (χ1v) is 25.3. The minimum atomic E-state index is -1.51. The highest BCUT2D eigenvalue weighted by Gasteiger charge is 2.58. The molecule has 0 unspecified atom stereocenters. The number of hydrogen-bond donors (Lipinski definition) is 3. The normalized spacial score (nSPS) is 29.2. The van der Waals surface area contributed by atoms with Crippen LogP contribution in [-0.2, 0) is 90.5 Å². The van der Waals surface area contributed by atoms with Crippen molar-refractivity contribution in [2.75, 3.05) is 26.9 Å². The summed E-state index contributed by atoms with van der Waals surface area (Å²) < 4.78 is 65.6. The van der Waals surface area contributed by atoms with Gasteiger partial charge in [0.25, 0.3) is 0 Å². The average Bonchev–Trinajstić information content (AvgIpc) is 3.33. The molecule has 3 aliphatic heterocycles. The van der Waals surface area contributed by atoms with Crippen molar-refractivity contribution in [3.8, 4) is 0 Å². The second kappa shape index (κ2) is 28.0. The maximum atomic E-state index is 14.1. The molecule has 3 amide bonds. The number of carbonyl (C=O) groups is 10. The Kier molecular flexibility index (Phi) is 22.2. The maximum absolute atomic E-state index is 14.1. The number of ether oxygens (including phenoxy) is 11. The van der Waals surface area contributed by atoms with Crippen LogP contribution in [-0.4, -0.2) is 175 Å². The average molecular weight is 1090 g/mol. The quantitative estimate of drug-likeness (QED) is 0.125. The van der Waals surface area contributed by atoms with Crippen LogP contribution in [0.4, 0.5) is 0 Å². The molecule has 0 aliphatic carbocycles. The van der Waals surface area contributed by atoms with Crippen molar-refractivity contribution in [2.45, 2.75) is 144 Å². The highest BCUT2D eigenvalue weighted by atomic mass is 32.2. The number of methoxy groups -OCH3 is 1. The summed E-state index contributed by atoms with van der Waals surface area (Å²) in [4.78, 5) is 130. The van der Waals surface area contributed by atoms with Gasteiger partial charge in [-0.3, -0.25) is 38.4 Å². The summed E-state index contributed by atoms with van der Waals surface area (Å²) in [5.41, 5.74) is -2.51. The fraction of sp³-hybridized carbons (Fsp3) is 0.551. The van der Waals surface area contributed by atoms with Gasteiger partial charge in [-0.1, -0.05) is 36.4 Å². The van der Waals surface area contributed by atoms with Gasteiger partial charge in [0.2, 0.25) is 17.7 Å². The largest absolute Gasteiger partial charge is 0.463 e. The SMILES string of the molecule is CO[C@@H]1O[C@H](COC(=O)c2ccccc2)[C@@H](S[C@@H]2O[C@H](COC(C)=O)[C@@H](S[C@@H]3O[C@H](COC(C)=O)[C@@H](OC(C)=O)[C@H](OC(C)=O)[C@H]3NC(C)=O)[C@H](OC(C)=O)[C@H]2NC(C)=O)[C@H](OC(=O)c2ccccc2)[C@H]1NC(C)=O. The minimum Gasteiger partial charge on any atom is -0.463 e. The molecule has 2 aromatic rings. The van der Waals surface area contributed by atoms with Crippen molar-refractivity contribution in [1.29, 1.82) is 0 Å². The third kappa shape index (κ3) is 17.1. The van der Waals surface area contributed by atoms with E-state index in [0.717, 1.165) is 65.1 Å². The molecule has 0 spiro atoms. The zero-order valence-corrected chi connectivity index (χ0v) is 44.1. The topological polar surface area (TPSA) is 308 Å². The van der Waals surface area contributed by atoms with Gasteiger partial charge < -0.3 is 68.1 Å². The summed E-state index contributed by atoms with van der Waals surface area (Å²) in [6, 6.07) is 11.9. The zero-order valence-electron chi connectivity index (χ0n) is 42.4. The van der Waals surface area contributed by atoms with Crippen LogP contribution in [0, 0.1) is 0 Å². The van der Waals surface area contributed by atoms with Gasteiger partial charge in [-0.05, 0) is 24.3 Å². The van der Waals surface area contributed by atoms with Crippen LogP contribution in [0.3, 0.4) is 0 Å². The van der Waals surface area contributed by atoms with Gasteiger partial charge in [-0.15, -0.1) is 23.5 Å². The van der Waals surface area contributed by atoms with Crippen LogP contribution in [0.25, 0.3) is 0 Å². The third-order valence-electron chi connectivity index (χ3n) is 11.3. The number of amides is 3. The van der Waals surface area contributed by atoms with E-state index >= 15 is 0 Å². The number of thioether (sulfide) groups is 2. The van der Waals surface area contributed by atoms with Crippen molar-refractivity contribution in [3.05, 3.63) is 71.8 Å². The number of hydrogen-bond acceptors (Lipinski definition) is 23. The number of benzene rings is 2. The highest BCUT2D eigenvalue weighted by molar-refractivity contribution is 8.01. The van der Waals surface area contributed by atoms with Gasteiger partial charge in [0, 0.05) is 62.5 Å². The molecule has 3 N–H and O–H groups in total. The molecule has 0 saturated carbocycles. The van der Waals surface area contributed by atoms with E-state index in [2.05, 4.69) is 16.0 Å². The Labute approximate surface area is 440 Å². The molecule has 3 aliphatic rings. The highest BCUT2D eigenvalue weighted by Crippen LogP contribution is 2.45.